The molecule has 0 aromatic heterocycles. The van der Waals surface area contributed by atoms with Gasteiger partial charge in [-0.05, 0) is 124 Å². The molecule has 2 heterocycles. The quantitative estimate of drug-likeness (QED) is 0.0824. The standard InChI is InChI=1S/C51H63ClF4N6O5S3/c1-49(2,3)62-29-25-59(26-30-62)22-20-39(35-68-41-9-7-6-8-10-41)57-46-18-16-42(32-47(46)69(64,65)51(54,55)56)70(66,67)58-48(63)44-17-15-40(31-45(44)53)61-27-23-60(24-28-61)34-37-33-50(4,5)21-19-43(37)36-11-13-38(52)14-12-36/h6-18,31-32,39,57H,19-30,33-35H2,1-5H3,(H,58,63). The number of anilines is 2. The number of piperazine rings is 2. The van der Waals surface area contributed by atoms with Gasteiger partial charge in [0.05, 0.1) is 16.1 Å². The van der Waals surface area contributed by atoms with E-state index in [1.807, 2.05) is 47.4 Å². The number of carbonyl (C=O) groups is 1. The fourth-order valence-electron chi connectivity index (χ4n) is 9.37. The number of sulfone groups is 1. The summed E-state index contributed by atoms with van der Waals surface area (Å²) in [4.78, 5) is 21.0. The summed E-state index contributed by atoms with van der Waals surface area (Å²) in [5.41, 5.74) is -2.27. The minimum absolute atomic E-state index is 0.00124. The fourth-order valence-corrected chi connectivity index (χ4v) is 12.5. The lowest BCUT2D eigenvalue weighted by atomic mass is 9.73. The topological polar surface area (TPSA) is 122 Å². The third kappa shape index (κ3) is 13.5. The Hall–Kier alpha value is -4.17. The van der Waals surface area contributed by atoms with Crippen molar-refractivity contribution in [2.24, 2.45) is 5.41 Å². The second kappa shape index (κ2) is 21.9. The van der Waals surface area contributed by atoms with Crippen molar-refractivity contribution in [1.29, 1.82) is 0 Å². The Balaban J connectivity index is 1.03. The molecular weight excluding hydrogens is 984 g/mol. The molecule has 0 radical (unpaired) electrons. The van der Waals surface area contributed by atoms with Crippen molar-refractivity contribution in [3.63, 3.8) is 0 Å². The zero-order valence-electron chi connectivity index (χ0n) is 40.3. The Bertz CT molecular complexity index is 2740. The van der Waals surface area contributed by atoms with E-state index in [-0.39, 0.29) is 11.0 Å². The van der Waals surface area contributed by atoms with Gasteiger partial charge in [-0.25, -0.2) is 25.9 Å². The van der Waals surface area contributed by atoms with Gasteiger partial charge in [-0.15, -0.1) is 11.8 Å². The Kier molecular flexibility index (Phi) is 16.8. The Labute approximate surface area is 420 Å². The molecule has 2 N–H and O–H groups in total. The molecule has 2 fully saturated rings. The number of halogens is 5. The molecule has 1 amide bonds. The summed E-state index contributed by atoms with van der Waals surface area (Å²) in [6.45, 7) is 18.2. The summed E-state index contributed by atoms with van der Waals surface area (Å²) in [7, 11) is -11.2. The van der Waals surface area contributed by atoms with Gasteiger partial charge in [0.1, 0.15) is 10.7 Å². The van der Waals surface area contributed by atoms with Crippen molar-refractivity contribution >= 4 is 66.1 Å². The molecule has 70 heavy (non-hydrogen) atoms. The van der Waals surface area contributed by atoms with Crippen LogP contribution < -0.4 is 14.9 Å². The maximum atomic E-state index is 15.7. The predicted octanol–water partition coefficient (Wildman–Crippen LogP) is 10.1. The summed E-state index contributed by atoms with van der Waals surface area (Å²) in [6.07, 6.45) is 3.46. The number of allylic oxidation sites excluding steroid dienone is 1. The van der Waals surface area contributed by atoms with Crippen LogP contribution in [0, 0.1) is 11.2 Å². The first-order valence-electron chi connectivity index (χ1n) is 23.6. The number of nitrogens with zero attached hydrogens (tertiary/aromatic N) is 4. The van der Waals surface area contributed by atoms with Gasteiger partial charge >= 0.3 is 5.51 Å². The molecule has 11 nitrogen and oxygen atoms in total. The molecule has 2 aliphatic heterocycles. The average Bonchev–Trinajstić information content (AvgIpc) is 3.30. The van der Waals surface area contributed by atoms with Gasteiger partial charge in [0.25, 0.3) is 25.8 Å². The molecule has 380 valence electrons. The van der Waals surface area contributed by atoms with E-state index in [0.717, 1.165) is 81.1 Å². The first-order chi connectivity index (χ1) is 32.9. The van der Waals surface area contributed by atoms with Crippen LogP contribution in [0.2, 0.25) is 5.02 Å². The van der Waals surface area contributed by atoms with Crippen LogP contribution in [0.3, 0.4) is 0 Å². The van der Waals surface area contributed by atoms with E-state index in [1.165, 1.54) is 34.5 Å². The van der Waals surface area contributed by atoms with Crippen LogP contribution in [0.4, 0.5) is 28.9 Å². The molecule has 0 bridgehead atoms. The van der Waals surface area contributed by atoms with Crippen LogP contribution in [0.25, 0.3) is 5.57 Å². The molecule has 0 saturated carbocycles. The number of sulfonamides is 1. The minimum atomic E-state index is -6.13. The highest BCUT2D eigenvalue weighted by atomic mass is 35.5. The molecule has 4 aromatic rings. The van der Waals surface area contributed by atoms with E-state index in [4.69, 9.17) is 11.6 Å². The fraction of sp³-hybridized carbons (Fsp3) is 0.471. The van der Waals surface area contributed by atoms with E-state index < -0.39 is 64.2 Å². The van der Waals surface area contributed by atoms with Crippen LogP contribution in [-0.2, 0) is 19.9 Å². The molecule has 1 aliphatic carbocycles. The second-order valence-electron chi connectivity index (χ2n) is 20.2. The molecule has 1 unspecified atom stereocenters. The van der Waals surface area contributed by atoms with E-state index in [9.17, 15) is 34.8 Å². The van der Waals surface area contributed by atoms with Crippen LogP contribution in [0.15, 0.2) is 111 Å². The summed E-state index contributed by atoms with van der Waals surface area (Å²) < 4.78 is 114. The van der Waals surface area contributed by atoms with Crippen LogP contribution >= 0.6 is 23.4 Å². The van der Waals surface area contributed by atoms with Crippen molar-refractivity contribution in [1.82, 2.24) is 19.4 Å². The second-order valence-corrected chi connectivity index (χ2v) is 25.3. The Morgan fingerprint density at radius 2 is 1.49 bits per heavy atom. The van der Waals surface area contributed by atoms with E-state index in [0.29, 0.717) is 61.7 Å². The van der Waals surface area contributed by atoms with Gasteiger partial charge in [-0.2, -0.15) is 13.2 Å². The number of rotatable bonds is 16. The highest BCUT2D eigenvalue weighted by molar-refractivity contribution is 7.99. The number of amides is 1. The summed E-state index contributed by atoms with van der Waals surface area (Å²) in [5, 5.41) is 3.69. The monoisotopic (exact) mass is 1050 g/mol. The normalized spacial score (nSPS) is 18.5. The summed E-state index contributed by atoms with van der Waals surface area (Å²) in [6, 6.07) is 22.8. The Morgan fingerprint density at radius 1 is 0.829 bits per heavy atom. The van der Waals surface area contributed by atoms with Gasteiger partial charge in [0, 0.05) is 98.4 Å². The first kappa shape index (κ1) is 53.6. The number of alkyl halides is 3. The van der Waals surface area contributed by atoms with Crippen molar-refractivity contribution in [3.05, 3.63) is 119 Å². The first-order valence-corrected chi connectivity index (χ1v) is 27.9. The SMILES string of the molecule is CC1(C)CCC(c2ccc(Cl)cc2)=C(CN2CCN(c3ccc(C(=O)NS(=O)(=O)c4ccc(NC(CCN5CCN(C(C)(C)C)CC5)CSc5ccccc5)c(S(=O)(=O)C(F)(F)F)c4)c(F)c3)CC2)C1. The molecule has 0 spiro atoms. The van der Waals surface area contributed by atoms with Crippen LogP contribution in [0.1, 0.15) is 76.2 Å². The lowest BCUT2D eigenvalue weighted by Crippen LogP contribution is -2.53. The number of benzene rings is 4. The third-order valence-electron chi connectivity index (χ3n) is 13.5. The largest absolute Gasteiger partial charge is 0.501 e. The van der Waals surface area contributed by atoms with E-state index in [2.05, 4.69) is 66.8 Å². The smallest absolute Gasteiger partial charge is 0.380 e. The number of thioether (sulfide) groups is 1. The van der Waals surface area contributed by atoms with Gasteiger partial charge < -0.3 is 15.1 Å². The Morgan fingerprint density at radius 3 is 2.11 bits per heavy atom. The van der Waals surface area contributed by atoms with Gasteiger partial charge in [-0.3, -0.25) is 14.6 Å². The predicted molar refractivity (Wildman–Crippen MR) is 272 cm³/mol. The number of carbonyl (C=O) groups excluding carboxylic acids is 1. The van der Waals surface area contributed by atoms with Crippen molar-refractivity contribution in [3.8, 4) is 0 Å². The zero-order chi connectivity index (χ0) is 50.6. The summed E-state index contributed by atoms with van der Waals surface area (Å²) >= 11 is 7.62. The van der Waals surface area contributed by atoms with Crippen molar-refractivity contribution < 1.29 is 39.2 Å². The van der Waals surface area contributed by atoms with Crippen molar-refractivity contribution in [2.75, 3.05) is 81.4 Å². The third-order valence-corrected chi connectivity index (χ3v) is 17.7. The molecule has 1 atom stereocenters. The zero-order valence-corrected chi connectivity index (χ0v) is 43.5. The molecule has 2 saturated heterocycles. The van der Waals surface area contributed by atoms with Gasteiger partial charge in [0.2, 0.25) is 0 Å². The lowest BCUT2D eigenvalue weighted by molar-refractivity contribution is -0.0435. The van der Waals surface area contributed by atoms with Crippen LogP contribution in [0.5, 0.6) is 0 Å². The summed E-state index contributed by atoms with van der Waals surface area (Å²) in [5.74, 6) is -2.04. The number of hydrogen-bond donors (Lipinski definition) is 2. The highest BCUT2D eigenvalue weighted by Gasteiger charge is 2.48. The maximum Gasteiger partial charge on any atom is 0.501 e. The molecular formula is C51H63ClF4N6O5S3. The van der Waals surface area contributed by atoms with Crippen LogP contribution in [-0.4, -0.2) is 126 Å². The maximum absolute atomic E-state index is 15.7. The molecule has 4 aromatic carbocycles. The van der Waals surface area contributed by atoms with Crippen molar-refractivity contribution in [2.45, 2.75) is 92.1 Å². The number of hydrogen-bond acceptors (Lipinski definition) is 11. The average molecular weight is 1050 g/mol. The molecule has 3 aliphatic rings. The number of nitrogens with one attached hydrogen (secondary N) is 2. The van der Waals surface area contributed by atoms with E-state index in [1.54, 1.807) is 4.72 Å². The molecule has 7 rings (SSSR count). The molecule has 19 heteroatoms. The highest BCUT2D eigenvalue weighted by Crippen LogP contribution is 2.43. The minimum Gasteiger partial charge on any atom is -0.380 e. The lowest BCUT2D eigenvalue weighted by Gasteiger charge is -2.42. The van der Waals surface area contributed by atoms with E-state index >= 15 is 4.39 Å². The van der Waals surface area contributed by atoms with Gasteiger partial charge in [-0.1, -0.05) is 61.4 Å². The van der Waals surface area contributed by atoms with Gasteiger partial charge in [0.15, 0.2) is 0 Å².